The van der Waals surface area contributed by atoms with Gasteiger partial charge in [0.1, 0.15) is 0 Å². The Morgan fingerprint density at radius 2 is 1.53 bits per heavy atom. The summed E-state index contributed by atoms with van der Waals surface area (Å²) in [5.74, 6) is 0.337. The largest absolute Gasteiger partial charge is 0.425 e. The molecule has 1 aliphatic rings. The van der Waals surface area contributed by atoms with Gasteiger partial charge in [0, 0.05) is 5.92 Å². The molecule has 1 rings (SSSR count). The first-order chi connectivity index (χ1) is 8.97. The van der Waals surface area contributed by atoms with Gasteiger partial charge in [-0.15, -0.1) is 0 Å². The summed E-state index contributed by atoms with van der Waals surface area (Å²) in [6.45, 7) is 8.52. The van der Waals surface area contributed by atoms with E-state index in [2.05, 4.69) is 27.7 Å². The van der Waals surface area contributed by atoms with Crippen molar-refractivity contribution in [3.05, 3.63) is 0 Å². The predicted octanol–water partition coefficient (Wildman–Crippen LogP) is 3.29. The quantitative estimate of drug-likeness (QED) is 0.695. The van der Waals surface area contributed by atoms with Gasteiger partial charge in [-0.2, -0.15) is 0 Å². The van der Waals surface area contributed by atoms with Crippen LogP contribution >= 0.6 is 0 Å². The third kappa shape index (κ3) is 4.84. The van der Waals surface area contributed by atoms with Gasteiger partial charge in [-0.1, -0.05) is 40.5 Å². The van der Waals surface area contributed by atoms with Crippen molar-refractivity contribution in [2.45, 2.75) is 66.1 Å². The second-order valence-electron chi connectivity index (χ2n) is 5.72. The number of hydrogen-bond acceptors (Lipinski definition) is 4. The van der Waals surface area contributed by atoms with E-state index in [1.165, 1.54) is 0 Å². The van der Waals surface area contributed by atoms with E-state index >= 15 is 0 Å². The van der Waals surface area contributed by atoms with E-state index in [1.807, 2.05) is 0 Å². The van der Waals surface area contributed by atoms with Crippen LogP contribution in [0.1, 0.15) is 59.8 Å². The minimum atomic E-state index is -0.699. The van der Waals surface area contributed by atoms with Gasteiger partial charge in [-0.3, -0.25) is 9.59 Å². The highest BCUT2D eigenvalue weighted by Crippen LogP contribution is 2.32. The standard InChI is InChI=1S/C15H26O4/c1-5-11(6-2)12(9-10(3)4)15-18-13(16)7-8-14(17)19-15/h10-12,15H,5-9H2,1-4H3. The summed E-state index contributed by atoms with van der Waals surface area (Å²) < 4.78 is 10.7. The molecule has 0 aliphatic carbocycles. The molecule has 4 heteroatoms. The molecule has 0 aromatic carbocycles. The second-order valence-corrected chi connectivity index (χ2v) is 5.72. The van der Waals surface area contributed by atoms with Crippen LogP contribution in [0.3, 0.4) is 0 Å². The molecule has 0 amide bonds. The maximum Gasteiger partial charge on any atom is 0.309 e. The van der Waals surface area contributed by atoms with Gasteiger partial charge in [0.2, 0.25) is 6.29 Å². The molecule has 0 bridgehead atoms. The predicted molar refractivity (Wildman–Crippen MR) is 72.2 cm³/mol. The zero-order valence-corrected chi connectivity index (χ0v) is 12.5. The third-order valence-corrected chi connectivity index (χ3v) is 3.78. The van der Waals surface area contributed by atoms with Crippen molar-refractivity contribution in [1.82, 2.24) is 0 Å². The lowest BCUT2D eigenvalue weighted by Crippen LogP contribution is -2.35. The molecule has 0 radical (unpaired) electrons. The summed E-state index contributed by atoms with van der Waals surface area (Å²) in [5, 5.41) is 0. The van der Waals surface area contributed by atoms with Crippen LogP contribution in [0, 0.1) is 17.8 Å². The average Bonchev–Trinajstić information content (AvgIpc) is 2.51. The zero-order chi connectivity index (χ0) is 14.4. The molecule has 1 heterocycles. The molecular weight excluding hydrogens is 244 g/mol. The van der Waals surface area contributed by atoms with E-state index in [-0.39, 0.29) is 30.7 Å². The Kier molecular flexibility index (Phi) is 6.32. The normalized spacial score (nSPS) is 19.3. The number of ether oxygens (including phenoxy) is 2. The Morgan fingerprint density at radius 1 is 1.05 bits per heavy atom. The van der Waals surface area contributed by atoms with Gasteiger partial charge in [0.25, 0.3) is 0 Å². The number of cyclic esters (lactones) is 2. The maximum atomic E-state index is 11.6. The van der Waals surface area contributed by atoms with Crippen LogP contribution in [0.2, 0.25) is 0 Å². The highest BCUT2D eigenvalue weighted by molar-refractivity contribution is 5.79. The number of carbonyl (C=O) groups excluding carboxylic acids is 2. The highest BCUT2D eigenvalue weighted by Gasteiger charge is 2.35. The summed E-state index contributed by atoms with van der Waals surface area (Å²) in [5.41, 5.74) is 0. The van der Waals surface area contributed by atoms with Gasteiger partial charge in [0.05, 0.1) is 12.8 Å². The second kappa shape index (κ2) is 7.51. The fourth-order valence-electron chi connectivity index (χ4n) is 2.74. The van der Waals surface area contributed by atoms with Crippen LogP contribution in [0.4, 0.5) is 0 Å². The molecule has 1 unspecified atom stereocenters. The molecule has 1 atom stereocenters. The van der Waals surface area contributed by atoms with Crippen LogP contribution in [0.25, 0.3) is 0 Å². The summed E-state index contributed by atoms with van der Waals surface area (Å²) in [6, 6.07) is 0. The summed E-state index contributed by atoms with van der Waals surface area (Å²) in [6.07, 6.45) is 2.46. The smallest absolute Gasteiger partial charge is 0.309 e. The molecule has 1 aliphatic heterocycles. The Balaban J connectivity index is 2.86. The van der Waals surface area contributed by atoms with Crippen molar-refractivity contribution in [1.29, 1.82) is 0 Å². The molecule has 0 aromatic rings. The van der Waals surface area contributed by atoms with E-state index in [0.29, 0.717) is 11.8 Å². The van der Waals surface area contributed by atoms with Crippen LogP contribution in [0.5, 0.6) is 0 Å². The highest BCUT2D eigenvalue weighted by atomic mass is 16.7. The first-order valence-electron chi connectivity index (χ1n) is 7.36. The first-order valence-corrected chi connectivity index (χ1v) is 7.36. The number of rotatable bonds is 6. The van der Waals surface area contributed by atoms with Gasteiger partial charge in [-0.25, -0.2) is 0 Å². The lowest BCUT2D eigenvalue weighted by molar-refractivity contribution is -0.196. The Labute approximate surface area is 115 Å². The molecule has 4 nitrogen and oxygen atoms in total. The topological polar surface area (TPSA) is 52.6 Å². The molecule has 1 fully saturated rings. The Hall–Kier alpha value is -1.06. The Morgan fingerprint density at radius 3 is 1.89 bits per heavy atom. The lowest BCUT2D eigenvalue weighted by atomic mass is 9.81. The molecular formula is C15H26O4. The SMILES string of the molecule is CCC(CC)C(CC(C)C)C1OC(=O)CCC(=O)O1. The van der Waals surface area contributed by atoms with Crippen molar-refractivity contribution in [3.63, 3.8) is 0 Å². The van der Waals surface area contributed by atoms with Crippen LogP contribution < -0.4 is 0 Å². The van der Waals surface area contributed by atoms with Gasteiger partial charge < -0.3 is 9.47 Å². The maximum absolute atomic E-state index is 11.6. The van der Waals surface area contributed by atoms with Crippen molar-refractivity contribution in [2.24, 2.45) is 17.8 Å². The summed E-state index contributed by atoms with van der Waals surface area (Å²) in [4.78, 5) is 23.1. The first kappa shape index (κ1) is 16.0. The summed E-state index contributed by atoms with van der Waals surface area (Å²) >= 11 is 0. The minimum Gasteiger partial charge on any atom is -0.425 e. The van der Waals surface area contributed by atoms with Crippen LogP contribution in [0.15, 0.2) is 0 Å². The van der Waals surface area contributed by atoms with Gasteiger partial charge in [-0.05, 0) is 18.3 Å². The fraction of sp³-hybridized carbons (Fsp3) is 0.867. The molecule has 0 N–H and O–H groups in total. The van der Waals surface area contributed by atoms with Crippen molar-refractivity contribution in [2.75, 3.05) is 0 Å². The van der Waals surface area contributed by atoms with E-state index in [0.717, 1.165) is 19.3 Å². The van der Waals surface area contributed by atoms with Crippen LogP contribution in [-0.4, -0.2) is 18.2 Å². The molecule has 0 spiro atoms. The molecule has 19 heavy (non-hydrogen) atoms. The number of carbonyl (C=O) groups is 2. The van der Waals surface area contributed by atoms with Gasteiger partial charge >= 0.3 is 11.9 Å². The van der Waals surface area contributed by atoms with E-state index < -0.39 is 6.29 Å². The van der Waals surface area contributed by atoms with Gasteiger partial charge in [0.15, 0.2) is 0 Å². The summed E-state index contributed by atoms with van der Waals surface area (Å²) in [7, 11) is 0. The third-order valence-electron chi connectivity index (χ3n) is 3.78. The lowest BCUT2D eigenvalue weighted by Gasteiger charge is -2.32. The van der Waals surface area contributed by atoms with E-state index in [4.69, 9.17) is 9.47 Å². The minimum absolute atomic E-state index is 0.0981. The molecule has 0 aromatic heterocycles. The number of hydrogen-bond donors (Lipinski definition) is 0. The molecule has 1 saturated heterocycles. The fourth-order valence-corrected chi connectivity index (χ4v) is 2.74. The monoisotopic (exact) mass is 270 g/mol. The zero-order valence-electron chi connectivity index (χ0n) is 12.5. The van der Waals surface area contributed by atoms with E-state index in [1.54, 1.807) is 0 Å². The van der Waals surface area contributed by atoms with Crippen molar-refractivity contribution >= 4 is 11.9 Å². The molecule has 0 saturated carbocycles. The Bertz CT molecular complexity index is 289. The van der Waals surface area contributed by atoms with E-state index in [9.17, 15) is 9.59 Å². The molecule has 110 valence electrons. The van der Waals surface area contributed by atoms with Crippen molar-refractivity contribution < 1.29 is 19.1 Å². The number of esters is 2. The van der Waals surface area contributed by atoms with Crippen molar-refractivity contribution in [3.8, 4) is 0 Å². The average molecular weight is 270 g/mol. The van der Waals surface area contributed by atoms with Crippen LogP contribution in [-0.2, 0) is 19.1 Å².